The summed E-state index contributed by atoms with van der Waals surface area (Å²) in [4.78, 5) is 17.8. The van der Waals surface area contributed by atoms with Gasteiger partial charge in [0.15, 0.2) is 0 Å². The van der Waals surface area contributed by atoms with E-state index in [1.165, 1.54) is 0 Å². The van der Waals surface area contributed by atoms with Crippen molar-refractivity contribution < 1.29 is 9.90 Å². The number of aliphatic hydroxyl groups is 1. The van der Waals surface area contributed by atoms with Crippen molar-refractivity contribution in [3.63, 3.8) is 0 Å². The van der Waals surface area contributed by atoms with Gasteiger partial charge in [-0.3, -0.25) is 9.78 Å². The number of amides is 1. The molecule has 0 radical (unpaired) electrons. The Hall–Kier alpha value is -1.42. The average molecular weight is 220 g/mol. The molecule has 0 aromatic carbocycles. The fourth-order valence-corrected chi connectivity index (χ4v) is 2.01. The van der Waals surface area contributed by atoms with E-state index in [4.69, 9.17) is 5.11 Å². The van der Waals surface area contributed by atoms with Crippen LogP contribution in [0, 0.1) is 12.8 Å². The summed E-state index contributed by atoms with van der Waals surface area (Å²) in [7, 11) is 0. The van der Waals surface area contributed by atoms with Crippen LogP contribution in [0.25, 0.3) is 0 Å². The molecule has 1 unspecified atom stereocenters. The molecule has 0 bridgehead atoms. The van der Waals surface area contributed by atoms with E-state index < -0.39 is 0 Å². The zero-order valence-corrected chi connectivity index (χ0v) is 9.39. The summed E-state index contributed by atoms with van der Waals surface area (Å²) in [6.45, 7) is 3.22. The smallest absolute Gasteiger partial charge is 0.223 e. The molecular weight excluding hydrogens is 204 g/mol. The van der Waals surface area contributed by atoms with Gasteiger partial charge in [0, 0.05) is 31.2 Å². The van der Waals surface area contributed by atoms with Gasteiger partial charge < -0.3 is 10.0 Å². The lowest BCUT2D eigenvalue weighted by molar-refractivity contribution is -0.128. The largest absolute Gasteiger partial charge is 0.396 e. The SMILES string of the molecule is Cc1cccc(CN2CC(CO)CC2=O)n1. The third kappa shape index (κ3) is 2.39. The first kappa shape index (κ1) is 11.1. The summed E-state index contributed by atoms with van der Waals surface area (Å²) in [5.74, 6) is 0.208. The summed E-state index contributed by atoms with van der Waals surface area (Å²) < 4.78 is 0. The predicted molar refractivity (Wildman–Crippen MR) is 59.6 cm³/mol. The Morgan fingerprint density at radius 2 is 2.38 bits per heavy atom. The number of hydrogen-bond acceptors (Lipinski definition) is 3. The maximum absolute atomic E-state index is 11.6. The molecule has 86 valence electrons. The molecule has 1 N–H and O–H groups in total. The summed E-state index contributed by atoms with van der Waals surface area (Å²) in [5.41, 5.74) is 1.87. The zero-order chi connectivity index (χ0) is 11.5. The van der Waals surface area contributed by atoms with E-state index in [9.17, 15) is 4.79 Å². The van der Waals surface area contributed by atoms with Crippen molar-refractivity contribution in [2.75, 3.05) is 13.2 Å². The summed E-state index contributed by atoms with van der Waals surface area (Å²) in [6, 6.07) is 5.81. The molecule has 0 aliphatic carbocycles. The quantitative estimate of drug-likeness (QED) is 0.817. The van der Waals surface area contributed by atoms with Gasteiger partial charge >= 0.3 is 0 Å². The third-order valence-corrected chi connectivity index (χ3v) is 2.85. The van der Waals surface area contributed by atoms with Crippen molar-refractivity contribution in [2.24, 2.45) is 5.92 Å². The zero-order valence-electron chi connectivity index (χ0n) is 9.39. The molecule has 1 fully saturated rings. The molecule has 1 aliphatic rings. The van der Waals surface area contributed by atoms with E-state index in [0.717, 1.165) is 11.4 Å². The fraction of sp³-hybridized carbons (Fsp3) is 0.500. The van der Waals surface area contributed by atoms with Gasteiger partial charge in [0.2, 0.25) is 5.91 Å². The summed E-state index contributed by atoms with van der Waals surface area (Å²) in [6.07, 6.45) is 0.461. The molecule has 4 heteroatoms. The van der Waals surface area contributed by atoms with Crippen LogP contribution in [-0.4, -0.2) is 34.0 Å². The fourth-order valence-electron chi connectivity index (χ4n) is 2.01. The second kappa shape index (κ2) is 4.61. The van der Waals surface area contributed by atoms with Crippen molar-refractivity contribution in [1.29, 1.82) is 0 Å². The van der Waals surface area contributed by atoms with Crippen LogP contribution in [-0.2, 0) is 11.3 Å². The van der Waals surface area contributed by atoms with Crippen LogP contribution in [0.15, 0.2) is 18.2 Å². The molecule has 1 saturated heterocycles. The second-order valence-electron chi connectivity index (χ2n) is 4.30. The number of aromatic nitrogens is 1. The number of pyridine rings is 1. The predicted octanol–water partition coefficient (Wildman–Crippen LogP) is 0.731. The van der Waals surface area contributed by atoms with Crippen LogP contribution in [0.3, 0.4) is 0 Å². The Kier molecular flexibility index (Phi) is 3.19. The summed E-state index contributed by atoms with van der Waals surface area (Å²) in [5, 5.41) is 9.02. The van der Waals surface area contributed by atoms with Crippen LogP contribution < -0.4 is 0 Å². The Morgan fingerprint density at radius 1 is 1.56 bits per heavy atom. The molecule has 1 aromatic heterocycles. The van der Waals surface area contributed by atoms with Gasteiger partial charge in [0.05, 0.1) is 12.2 Å². The molecule has 16 heavy (non-hydrogen) atoms. The maximum Gasteiger partial charge on any atom is 0.223 e. The molecular formula is C12H16N2O2. The molecule has 0 spiro atoms. The molecule has 1 aliphatic heterocycles. The maximum atomic E-state index is 11.6. The first-order valence-corrected chi connectivity index (χ1v) is 5.50. The molecule has 1 atom stereocenters. The second-order valence-corrected chi connectivity index (χ2v) is 4.30. The number of aryl methyl sites for hydroxylation is 1. The number of rotatable bonds is 3. The van der Waals surface area contributed by atoms with E-state index in [0.29, 0.717) is 19.5 Å². The average Bonchev–Trinajstić information content (AvgIpc) is 2.60. The van der Waals surface area contributed by atoms with E-state index in [2.05, 4.69) is 4.98 Å². The van der Waals surface area contributed by atoms with Crippen LogP contribution in [0.2, 0.25) is 0 Å². The minimum absolute atomic E-state index is 0.0868. The number of nitrogens with zero attached hydrogens (tertiary/aromatic N) is 2. The van der Waals surface area contributed by atoms with Crippen molar-refractivity contribution in [2.45, 2.75) is 19.9 Å². The highest BCUT2D eigenvalue weighted by atomic mass is 16.3. The molecule has 2 rings (SSSR count). The molecule has 1 amide bonds. The van der Waals surface area contributed by atoms with Crippen LogP contribution in [0.1, 0.15) is 17.8 Å². The minimum atomic E-state index is 0.0868. The Labute approximate surface area is 94.9 Å². The Morgan fingerprint density at radius 3 is 3.00 bits per heavy atom. The third-order valence-electron chi connectivity index (χ3n) is 2.85. The van der Waals surface area contributed by atoms with Gasteiger partial charge in [-0.05, 0) is 19.1 Å². The lowest BCUT2D eigenvalue weighted by atomic mass is 10.1. The van der Waals surface area contributed by atoms with E-state index >= 15 is 0 Å². The van der Waals surface area contributed by atoms with Gasteiger partial charge in [-0.15, -0.1) is 0 Å². The number of aliphatic hydroxyl groups excluding tert-OH is 1. The monoisotopic (exact) mass is 220 g/mol. The molecule has 2 heterocycles. The highest BCUT2D eigenvalue weighted by Crippen LogP contribution is 2.18. The Balaban J connectivity index is 2.03. The lowest BCUT2D eigenvalue weighted by Gasteiger charge is -2.15. The van der Waals surface area contributed by atoms with Crippen molar-refractivity contribution in [1.82, 2.24) is 9.88 Å². The number of carbonyl (C=O) groups excluding carboxylic acids is 1. The van der Waals surface area contributed by atoms with Gasteiger partial charge in [0.25, 0.3) is 0 Å². The van der Waals surface area contributed by atoms with E-state index in [1.807, 2.05) is 25.1 Å². The van der Waals surface area contributed by atoms with Gasteiger partial charge in [-0.25, -0.2) is 0 Å². The van der Waals surface area contributed by atoms with Crippen LogP contribution >= 0.6 is 0 Å². The number of likely N-dealkylation sites (tertiary alicyclic amines) is 1. The van der Waals surface area contributed by atoms with Crippen molar-refractivity contribution >= 4 is 5.91 Å². The van der Waals surface area contributed by atoms with Crippen molar-refractivity contribution in [3.8, 4) is 0 Å². The van der Waals surface area contributed by atoms with Crippen LogP contribution in [0.5, 0.6) is 0 Å². The van der Waals surface area contributed by atoms with E-state index in [-0.39, 0.29) is 18.4 Å². The van der Waals surface area contributed by atoms with Crippen molar-refractivity contribution in [3.05, 3.63) is 29.6 Å². The first-order valence-electron chi connectivity index (χ1n) is 5.50. The molecule has 0 saturated carbocycles. The van der Waals surface area contributed by atoms with Crippen LogP contribution in [0.4, 0.5) is 0 Å². The Bertz CT molecular complexity index is 392. The topological polar surface area (TPSA) is 53.4 Å². The van der Waals surface area contributed by atoms with E-state index in [1.54, 1.807) is 4.90 Å². The summed E-state index contributed by atoms with van der Waals surface area (Å²) >= 11 is 0. The molecule has 4 nitrogen and oxygen atoms in total. The lowest BCUT2D eigenvalue weighted by Crippen LogP contribution is -2.25. The molecule has 1 aromatic rings. The number of hydrogen-bond donors (Lipinski definition) is 1. The van der Waals surface area contributed by atoms with Gasteiger partial charge in [0.1, 0.15) is 0 Å². The number of carbonyl (C=O) groups is 1. The first-order chi connectivity index (χ1) is 7.69. The standard InChI is InChI=1S/C12H16N2O2/c1-9-3-2-4-11(13-9)7-14-6-10(8-15)5-12(14)16/h2-4,10,15H,5-8H2,1H3. The highest BCUT2D eigenvalue weighted by Gasteiger charge is 2.28. The minimum Gasteiger partial charge on any atom is -0.396 e. The normalized spacial score (nSPS) is 20.5. The highest BCUT2D eigenvalue weighted by molar-refractivity contribution is 5.78. The van der Waals surface area contributed by atoms with Gasteiger partial charge in [-0.1, -0.05) is 6.07 Å². The van der Waals surface area contributed by atoms with Gasteiger partial charge in [-0.2, -0.15) is 0 Å².